The second-order valence-corrected chi connectivity index (χ2v) is 9.34. The van der Waals surface area contributed by atoms with Crippen molar-refractivity contribution in [1.82, 2.24) is 15.1 Å². The highest BCUT2D eigenvalue weighted by atomic mass is 127. The third-order valence-corrected chi connectivity index (χ3v) is 6.44. The fourth-order valence-corrected chi connectivity index (χ4v) is 5.00. The van der Waals surface area contributed by atoms with Crippen molar-refractivity contribution in [3.63, 3.8) is 0 Å². The number of hydrogen-bond donors (Lipinski definition) is 1. The molecule has 3 saturated heterocycles. The molecule has 33 heavy (non-hydrogen) atoms. The minimum atomic E-state index is 0. The van der Waals surface area contributed by atoms with Gasteiger partial charge in [-0.3, -0.25) is 4.90 Å². The molecule has 8 heteroatoms. The highest BCUT2D eigenvalue weighted by molar-refractivity contribution is 14.0. The Balaban J connectivity index is 0.00000306. The smallest absolute Gasteiger partial charge is 0.194 e. The molecule has 0 bridgehead atoms. The van der Waals surface area contributed by atoms with E-state index in [1.54, 1.807) is 0 Å². The molecule has 3 heterocycles. The second kappa shape index (κ2) is 13.2. The number of morpholine rings is 2. The molecule has 0 spiro atoms. The van der Waals surface area contributed by atoms with E-state index in [9.17, 15) is 0 Å². The van der Waals surface area contributed by atoms with E-state index in [0.29, 0.717) is 18.8 Å². The van der Waals surface area contributed by atoms with Gasteiger partial charge in [-0.05, 0) is 44.7 Å². The third-order valence-electron chi connectivity index (χ3n) is 6.44. The molecule has 4 rings (SSSR count). The monoisotopic (exact) mass is 572 g/mol. The number of halogens is 1. The quantitative estimate of drug-likeness (QED) is 0.321. The van der Waals surface area contributed by atoms with Crippen molar-refractivity contribution in [3.05, 3.63) is 35.4 Å². The highest BCUT2D eigenvalue weighted by Gasteiger charge is 2.32. The summed E-state index contributed by atoms with van der Waals surface area (Å²) in [5.41, 5.74) is 2.58. The number of hydrogen-bond acceptors (Lipinski definition) is 5. The molecule has 1 N–H and O–H groups in total. The lowest BCUT2D eigenvalue weighted by Crippen LogP contribution is -2.53. The van der Waals surface area contributed by atoms with Gasteiger partial charge in [0.25, 0.3) is 0 Å². The summed E-state index contributed by atoms with van der Waals surface area (Å²) in [6.07, 6.45) is 3.21. The van der Waals surface area contributed by atoms with Gasteiger partial charge >= 0.3 is 0 Å². The maximum atomic E-state index is 6.01. The normalized spacial score (nSPS) is 29.1. The summed E-state index contributed by atoms with van der Waals surface area (Å²) in [5, 5.41) is 3.47. The van der Waals surface area contributed by atoms with Gasteiger partial charge in [0.2, 0.25) is 0 Å². The zero-order chi connectivity index (χ0) is 22.3. The molecular formula is C25H41IN4O3. The van der Waals surface area contributed by atoms with Crippen LogP contribution in [-0.4, -0.2) is 86.1 Å². The number of nitrogens with one attached hydrogen (secondary N) is 1. The van der Waals surface area contributed by atoms with Crippen LogP contribution in [0.1, 0.15) is 44.7 Å². The Morgan fingerprint density at radius 1 is 1.00 bits per heavy atom. The Morgan fingerprint density at radius 3 is 2.36 bits per heavy atom. The van der Waals surface area contributed by atoms with Crippen molar-refractivity contribution in [2.24, 2.45) is 4.99 Å². The van der Waals surface area contributed by atoms with Gasteiger partial charge < -0.3 is 24.4 Å². The van der Waals surface area contributed by atoms with Gasteiger partial charge in [-0.2, -0.15) is 0 Å². The van der Waals surface area contributed by atoms with E-state index in [0.717, 1.165) is 71.3 Å². The number of guanidine groups is 1. The Bertz CT molecular complexity index is 732. The highest BCUT2D eigenvalue weighted by Crippen LogP contribution is 2.21. The van der Waals surface area contributed by atoms with E-state index in [2.05, 4.69) is 60.2 Å². The zero-order valence-electron chi connectivity index (χ0n) is 20.4. The van der Waals surface area contributed by atoms with Crippen LogP contribution in [0.5, 0.6) is 0 Å². The van der Waals surface area contributed by atoms with Crippen LogP contribution in [0.2, 0.25) is 0 Å². The largest absolute Gasteiger partial charge is 0.375 e. The first-order chi connectivity index (χ1) is 15.6. The maximum absolute atomic E-state index is 6.01. The molecule has 3 aliphatic rings. The van der Waals surface area contributed by atoms with Gasteiger partial charge in [0.05, 0.1) is 31.5 Å². The molecule has 1 aromatic carbocycles. The van der Waals surface area contributed by atoms with Gasteiger partial charge in [-0.1, -0.05) is 24.3 Å². The molecule has 0 saturated carbocycles. The van der Waals surface area contributed by atoms with Gasteiger partial charge in [0.15, 0.2) is 5.96 Å². The molecule has 0 aliphatic carbocycles. The van der Waals surface area contributed by atoms with E-state index in [1.807, 2.05) is 0 Å². The summed E-state index contributed by atoms with van der Waals surface area (Å²) in [7, 11) is 0. The number of benzene rings is 1. The van der Waals surface area contributed by atoms with Crippen LogP contribution in [0.3, 0.4) is 0 Å². The fourth-order valence-electron chi connectivity index (χ4n) is 5.00. The van der Waals surface area contributed by atoms with E-state index < -0.39 is 0 Å². The Hall–Kier alpha value is -0.940. The summed E-state index contributed by atoms with van der Waals surface area (Å²) in [5.74, 6) is 0.971. The lowest BCUT2D eigenvalue weighted by atomic mass is 10.1. The Kier molecular flexibility index (Phi) is 10.7. The number of nitrogens with zero attached hydrogens (tertiary/aromatic N) is 3. The molecule has 4 unspecified atom stereocenters. The average Bonchev–Trinajstić information content (AvgIpc) is 3.32. The van der Waals surface area contributed by atoms with Crippen molar-refractivity contribution in [2.75, 3.05) is 45.9 Å². The molecule has 4 atom stereocenters. The summed E-state index contributed by atoms with van der Waals surface area (Å²) < 4.78 is 17.7. The molecule has 3 aliphatic heterocycles. The number of ether oxygens (including phenoxy) is 3. The number of aliphatic imine (C=N–C) groups is 1. The van der Waals surface area contributed by atoms with E-state index in [1.165, 1.54) is 11.1 Å². The average molecular weight is 573 g/mol. The van der Waals surface area contributed by atoms with Crippen LogP contribution in [-0.2, 0) is 27.3 Å². The molecule has 1 aromatic rings. The van der Waals surface area contributed by atoms with Crippen LogP contribution in [0.15, 0.2) is 29.3 Å². The van der Waals surface area contributed by atoms with Gasteiger partial charge in [0.1, 0.15) is 6.10 Å². The van der Waals surface area contributed by atoms with Crippen molar-refractivity contribution in [2.45, 2.75) is 71.1 Å². The topological polar surface area (TPSA) is 58.6 Å². The number of rotatable bonds is 6. The predicted octanol–water partition coefficient (Wildman–Crippen LogP) is 3.26. The minimum Gasteiger partial charge on any atom is -0.375 e. The standard InChI is InChI=1S/C25H40N4O3.HI/c1-4-26-25(29-11-13-31-24(18-29)23-6-5-12-30-23)27-14-21-7-9-22(10-8-21)17-28-15-19(2)32-20(3)16-28;/h7-10,19-20,23-24H,4-6,11-18H2,1-3H3,(H,26,27);1H. The zero-order valence-corrected chi connectivity index (χ0v) is 22.7. The first-order valence-electron chi connectivity index (χ1n) is 12.3. The van der Waals surface area contributed by atoms with E-state index >= 15 is 0 Å². The molecule has 0 amide bonds. The van der Waals surface area contributed by atoms with Crippen molar-refractivity contribution >= 4 is 29.9 Å². The third kappa shape index (κ3) is 7.78. The summed E-state index contributed by atoms with van der Waals surface area (Å²) in [4.78, 5) is 9.75. The summed E-state index contributed by atoms with van der Waals surface area (Å²) in [6, 6.07) is 8.91. The van der Waals surface area contributed by atoms with Crippen molar-refractivity contribution in [1.29, 1.82) is 0 Å². The van der Waals surface area contributed by atoms with Gasteiger partial charge in [0, 0.05) is 45.9 Å². The second-order valence-electron chi connectivity index (χ2n) is 9.34. The Labute approximate surface area is 216 Å². The lowest BCUT2D eigenvalue weighted by molar-refractivity contribution is -0.0817. The first kappa shape index (κ1) is 26.7. The van der Waals surface area contributed by atoms with Crippen molar-refractivity contribution < 1.29 is 14.2 Å². The molecule has 0 aromatic heterocycles. The van der Waals surface area contributed by atoms with Gasteiger partial charge in [-0.15, -0.1) is 24.0 Å². The fraction of sp³-hybridized carbons (Fsp3) is 0.720. The summed E-state index contributed by atoms with van der Waals surface area (Å²) >= 11 is 0. The first-order valence-corrected chi connectivity index (χ1v) is 12.3. The predicted molar refractivity (Wildman–Crippen MR) is 142 cm³/mol. The van der Waals surface area contributed by atoms with Crippen LogP contribution in [0.4, 0.5) is 0 Å². The maximum Gasteiger partial charge on any atom is 0.194 e. The van der Waals surface area contributed by atoms with Gasteiger partial charge in [-0.25, -0.2) is 4.99 Å². The van der Waals surface area contributed by atoms with E-state index in [4.69, 9.17) is 19.2 Å². The molecule has 0 radical (unpaired) electrons. The molecule has 3 fully saturated rings. The minimum absolute atomic E-state index is 0. The van der Waals surface area contributed by atoms with Crippen LogP contribution in [0, 0.1) is 0 Å². The van der Waals surface area contributed by atoms with Crippen LogP contribution in [0.25, 0.3) is 0 Å². The molecular weight excluding hydrogens is 531 g/mol. The summed E-state index contributed by atoms with van der Waals surface area (Å²) in [6.45, 7) is 14.2. The SMILES string of the molecule is CCNC(=NCc1ccc(CN2CC(C)OC(C)C2)cc1)N1CCOC(C2CCCO2)C1.I. The molecule has 7 nitrogen and oxygen atoms in total. The Morgan fingerprint density at radius 2 is 1.70 bits per heavy atom. The molecule has 186 valence electrons. The van der Waals surface area contributed by atoms with Crippen molar-refractivity contribution in [3.8, 4) is 0 Å². The lowest BCUT2D eigenvalue weighted by Gasteiger charge is -2.37. The van der Waals surface area contributed by atoms with Crippen LogP contribution >= 0.6 is 24.0 Å². The van der Waals surface area contributed by atoms with E-state index in [-0.39, 0.29) is 36.2 Å². The van der Waals surface area contributed by atoms with Crippen LogP contribution < -0.4 is 5.32 Å².